The van der Waals surface area contributed by atoms with Gasteiger partial charge in [0.15, 0.2) is 0 Å². The summed E-state index contributed by atoms with van der Waals surface area (Å²) in [5.41, 5.74) is 6.22. The Morgan fingerprint density at radius 3 is 2.37 bits per heavy atom. The molecule has 2 aromatic carbocycles. The molecular weight excluding hydrogens is 332 g/mol. The number of carbonyl (C=O) groups excluding carboxylic acids is 1. The van der Waals surface area contributed by atoms with Crippen molar-refractivity contribution < 1.29 is 4.79 Å². The number of allylic oxidation sites excluding steroid dienone is 2. The van der Waals surface area contributed by atoms with Gasteiger partial charge >= 0.3 is 0 Å². The number of benzene rings is 2. The zero-order chi connectivity index (χ0) is 18.6. The van der Waals surface area contributed by atoms with Gasteiger partial charge in [0.05, 0.1) is 6.04 Å². The zero-order valence-electron chi connectivity index (χ0n) is 15.6. The fourth-order valence-electron chi connectivity index (χ4n) is 3.86. The van der Waals surface area contributed by atoms with Crippen LogP contribution in [0.2, 0.25) is 0 Å². The molecule has 3 nitrogen and oxygen atoms in total. The Balaban J connectivity index is 1.82. The Morgan fingerprint density at radius 1 is 1.00 bits per heavy atom. The molecule has 1 atom stereocenters. The molecule has 3 heteroatoms. The first kappa shape index (κ1) is 17.3. The monoisotopic (exact) mass is 356 g/mol. The summed E-state index contributed by atoms with van der Waals surface area (Å²) in [4.78, 5) is 12.0. The lowest BCUT2D eigenvalue weighted by Gasteiger charge is -2.22. The van der Waals surface area contributed by atoms with E-state index in [0.29, 0.717) is 0 Å². The minimum absolute atomic E-state index is 0.0209. The molecule has 0 saturated carbocycles. The highest BCUT2D eigenvalue weighted by Crippen LogP contribution is 2.30. The fourth-order valence-corrected chi connectivity index (χ4v) is 3.86. The number of hydrogen-bond donors (Lipinski definition) is 1. The van der Waals surface area contributed by atoms with E-state index in [9.17, 15) is 4.79 Å². The number of fused-ring (bicyclic) bond motifs is 1. The average Bonchev–Trinajstić information content (AvgIpc) is 3.06. The van der Waals surface area contributed by atoms with E-state index in [-0.39, 0.29) is 11.9 Å². The third kappa shape index (κ3) is 3.72. The molecule has 0 fully saturated rings. The van der Waals surface area contributed by atoms with E-state index in [0.717, 1.165) is 30.6 Å². The van der Waals surface area contributed by atoms with Crippen LogP contribution in [-0.4, -0.2) is 10.5 Å². The van der Waals surface area contributed by atoms with E-state index in [1.54, 1.807) is 6.92 Å². The van der Waals surface area contributed by atoms with Crippen LogP contribution in [0, 0.1) is 0 Å². The zero-order valence-corrected chi connectivity index (χ0v) is 15.6. The number of hydrogen-bond acceptors (Lipinski definition) is 1. The summed E-state index contributed by atoms with van der Waals surface area (Å²) < 4.78 is 2.39. The molecule has 0 saturated heterocycles. The molecule has 1 aliphatic rings. The van der Waals surface area contributed by atoms with Crippen LogP contribution in [0.1, 0.15) is 41.0 Å². The van der Waals surface area contributed by atoms with Crippen molar-refractivity contribution >= 4 is 5.91 Å². The summed E-state index contributed by atoms with van der Waals surface area (Å²) in [6.07, 6.45) is 6.36. The van der Waals surface area contributed by atoms with Gasteiger partial charge in [0.2, 0.25) is 5.91 Å². The van der Waals surface area contributed by atoms with Gasteiger partial charge in [-0.25, -0.2) is 0 Å². The number of carbonyl (C=O) groups is 1. The third-order valence-corrected chi connectivity index (χ3v) is 5.11. The van der Waals surface area contributed by atoms with Gasteiger partial charge in [0, 0.05) is 31.3 Å². The van der Waals surface area contributed by atoms with E-state index in [2.05, 4.69) is 64.5 Å². The standard InChI is InChI=1S/C24H24N2O/c1-18(27)25-24(20-12-6-3-7-13-20)23-16-21-14-8-9-15-22(21)26(23)17-19-10-4-2-5-11-19/h2-13,16,24H,14-15,17H2,1H3,(H,25,27). The van der Waals surface area contributed by atoms with E-state index in [1.165, 1.54) is 16.8 Å². The van der Waals surface area contributed by atoms with E-state index >= 15 is 0 Å². The molecule has 1 aliphatic carbocycles. The number of nitrogens with one attached hydrogen (secondary N) is 1. The van der Waals surface area contributed by atoms with Crippen molar-refractivity contribution in [3.05, 3.63) is 107 Å². The molecule has 0 radical (unpaired) electrons. The van der Waals surface area contributed by atoms with Gasteiger partial charge in [0.25, 0.3) is 0 Å². The van der Waals surface area contributed by atoms with Crippen molar-refractivity contribution in [1.82, 2.24) is 9.88 Å². The van der Waals surface area contributed by atoms with Gasteiger partial charge in [0.1, 0.15) is 0 Å². The number of nitrogens with zero attached hydrogens (tertiary/aromatic N) is 1. The van der Waals surface area contributed by atoms with Gasteiger partial charge in [-0.2, -0.15) is 0 Å². The smallest absolute Gasteiger partial charge is 0.217 e. The molecule has 0 bridgehead atoms. The minimum atomic E-state index is -0.155. The highest BCUT2D eigenvalue weighted by atomic mass is 16.1. The summed E-state index contributed by atoms with van der Waals surface area (Å²) in [5, 5.41) is 3.17. The fraction of sp³-hybridized carbons (Fsp3) is 0.208. The molecular formula is C24H24N2O. The van der Waals surface area contributed by atoms with E-state index in [4.69, 9.17) is 0 Å². The largest absolute Gasteiger partial charge is 0.344 e. The Labute approximate surface area is 160 Å². The summed E-state index contributed by atoms with van der Waals surface area (Å²) in [6.45, 7) is 2.39. The summed E-state index contributed by atoms with van der Waals surface area (Å²) >= 11 is 0. The van der Waals surface area contributed by atoms with E-state index < -0.39 is 0 Å². The Morgan fingerprint density at radius 2 is 1.67 bits per heavy atom. The maximum Gasteiger partial charge on any atom is 0.217 e. The van der Waals surface area contributed by atoms with Crippen molar-refractivity contribution in [3.8, 4) is 0 Å². The lowest BCUT2D eigenvalue weighted by atomic mass is 10.0. The highest BCUT2D eigenvalue weighted by molar-refractivity contribution is 5.74. The Kier molecular flexibility index (Phi) is 4.93. The Bertz CT molecular complexity index is 955. The van der Waals surface area contributed by atoms with Gasteiger partial charge in [-0.15, -0.1) is 0 Å². The maximum atomic E-state index is 12.0. The molecule has 4 rings (SSSR count). The van der Waals surface area contributed by atoms with Crippen molar-refractivity contribution in [3.63, 3.8) is 0 Å². The molecule has 1 amide bonds. The molecule has 1 aromatic heterocycles. The normalized spacial score (nSPS) is 13.8. The number of rotatable bonds is 5. The number of aromatic nitrogens is 1. The molecule has 0 aliphatic heterocycles. The van der Waals surface area contributed by atoms with Gasteiger partial charge in [-0.05, 0) is 29.2 Å². The first-order valence-corrected chi connectivity index (χ1v) is 9.44. The molecule has 1 unspecified atom stereocenters. The molecule has 1 N–H and O–H groups in total. The van der Waals surface area contributed by atoms with Crippen LogP contribution in [0.25, 0.3) is 0 Å². The second-order valence-electron chi connectivity index (χ2n) is 7.04. The van der Waals surface area contributed by atoms with Crippen LogP contribution in [0.4, 0.5) is 0 Å². The van der Waals surface area contributed by atoms with Gasteiger partial charge in [-0.3, -0.25) is 4.79 Å². The van der Waals surface area contributed by atoms with Crippen LogP contribution >= 0.6 is 0 Å². The van der Waals surface area contributed by atoms with Crippen LogP contribution in [0.15, 0.2) is 78.9 Å². The molecule has 1 heterocycles. The molecule has 0 spiro atoms. The summed E-state index contributed by atoms with van der Waals surface area (Å²) in [6, 6.07) is 22.8. The minimum Gasteiger partial charge on any atom is -0.344 e. The topological polar surface area (TPSA) is 34.0 Å². The van der Waals surface area contributed by atoms with Crippen LogP contribution in [0.3, 0.4) is 0 Å². The quantitative estimate of drug-likeness (QED) is 0.675. The predicted molar refractivity (Wildman–Crippen MR) is 109 cm³/mol. The SMILES string of the molecule is CC(=O)NC(c1ccccc1)c1cc2c(n1Cc1ccccc1)CC=CC2. The van der Waals surface area contributed by atoms with Crippen molar-refractivity contribution in [2.75, 3.05) is 0 Å². The number of amides is 1. The lowest BCUT2D eigenvalue weighted by molar-refractivity contribution is -0.119. The van der Waals surface area contributed by atoms with E-state index in [1.807, 2.05) is 24.3 Å². The lowest BCUT2D eigenvalue weighted by Crippen LogP contribution is -2.29. The highest BCUT2D eigenvalue weighted by Gasteiger charge is 2.24. The second-order valence-corrected chi connectivity index (χ2v) is 7.04. The van der Waals surface area contributed by atoms with Crippen LogP contribution in [-0.2, 0) is 24.2 Å². The predicted octanol–water partition coefficient (Wildman–Crippen LogP) is 4.42. The van der Waals surface area contributed by atoms with Crippen molar-refractivity contribution in [1.29, 1.82) is 0 Å². The Hall–Kier alpha value is -3.07. The maximum absolute atomic E-state index is 12.0. The first-order valence-electron chi connectivity index (χ1n) is 9.44. The second kappa shape index (κ2) is 7.67. The molecule has 3 aromatic rings. The first-order chi connectivity index (χ1) is 13.2. The summed E-state index contributed by atoms with van der Waals surface area (Å²) in [5.74, 6) is -0.0209. The molecule has 136 valence electrons. The van der Waals surface area contributed by atoms with Crippen LogP contribution < -0.4 is 5.32 Å². The van der Waals surface area contributed by atoms with Crippen molar-refractivity contribution in [2.24, 2.45) is 0 Å². The third-order valence-electron chi connectivity index (χ3n) is 5.11. The molecule has 27 heavy (non-hydrogen) atoms. The van der Waals surface area contributed by atoms with Gasteiger partial charge < -0.3 is 9.88 Å². The van der Waals surface area contributed by atoms with Crippen molar-refractivity contribution in [2.45, 2.75) is 32.4 Å². The van der Waals surface area contributed by atoms with Gasteiger partial charge in [-0.1, -0.05) is 72.8 Å². The van der Waals surface area contributed by atoms with Crippen LogP contribution in [0.5, 0.6) is 0 Å². The summed E-state index contributed by atoms with van der Waals surface area (Å²) in [7, 11) is 0. The average molecular weight is 356 g/mol.